The molecule has 2 rings (SSSR count). The first-order chi connectivity index (χ1) is 9.08. The number of carbonyl (C=O) groups excluding carboxylic acids is 1. The topological polar surface area (TPSA) is 104 Å². The second kappa shape index (κ2) is 5.91. The average Bonchev–Trinajstić information content (AvgIpc) is 2.39. The molecule has 0 radical (unpaired) electrons. The SMILES string of the molecule is O=C(Nc1nc(Cl)ccc1[N+](=O)[O-])C1COCCO1. The molecule has 2 heterocycles. The minimum absolute atomic E-state index is 0.0433. The minimum Gasteiger partial charge on any atom is -0.376 e. The summed E-state index contributed by atoms with van der Waals surface area (Å²) in [4.78, 5) is 25.7. The molecule has 0 spiro atoms. The second-order valence-corrected chi connectivity index (χ2v) is 4.07. The Morgan fingerprint density at radius 2 is 2.32 bits per heavy atom. The Bertz CT molecular complexity index is 504. The molecule has 19 heavy (non-hydrogen) atoms. The van der Waals surface area contributed by atoms with E-state index in [0.29, 0.717) is 13.2 Å². The molecule has 1 amide bonds. The molecule has 0 saturated carbocycles. The third-order valence-corrected chi connectivity index (χ3v) is 2.60. The van der Waals surface area contributed by atoms with Crippen LogP contribution in [0.25, 0.3) is 0 Å². The van der Waals surface area contributed by atoms with Crippen molar-refractivity contribution in [2.45, 2.75) is 6.10 Å². The van der Waals surface area contributed by atoms with E-state index in [0.717, 1.165) is 0 Å². The number of anilines is 1. The van der Waals surface area contributed by atoms with E-state index in [1.807, 2.05) is 0 Å². The van der Waals surface area contributed by atoms with Crippen LogP contribution >= 0.6 is 11.6 Å². The van der Waals surface area contributed by atoms with Crippen molar-refractivity contribution in [3.8, 4) is 0 Å². The number of nitrogens with one attached hydrogen (secondary N) is 1. The number of ether oxygens (including phenoxy) is 2. The van der Waals surface area contributed by atoms with Gasteiger partial charge in [-0.15, -0.1) is 0 Å². The summed E-state index contributed by atoms with van der Waals surface area (Å²) in [5, 5.41) is 13.2. The van der Waals surface area contributed by atoms with E-state index in [9.17, 15) is 14.9 Å². The fourth-order valence-electron chi connectivity index (χ4n) is 1.50. The van der Waals surface area contributed by atoms with Crippen LogP contribution < -0.4 is 5.32 Å². The van der Waals surface area contributed by atoms with E-state index in [2.05, 4.69) is 10.3 Å². The molecule has 1 aromatic rings. The fraction of sp³-hybridized carbons (Fsp3) is 0.400. The Morgan fingerprint density at radius 1 is 1.53 bits per heavy atom. The molecule has 8 nitrogen and oxygen atoms in total. The Hall–Kier alpha value is -1.77. The lowest BCUT2D eigenvalue weighted by Crippen LogP contribution is -2.39. The summed E-state index contributed by atoms with van der Waals surface area (Å²) in [7, 11) is 0. The average molecular weight is 288 g/mol. The fourth-order valence-corrected chi connectivity index (χ4v) is 1.65. The summed E-state index contributed by atoms with van der Waals surface area (Å²) in [5.74, 6) is -0.769. The summed E-state index contributed by atoms with van der Waals surface area (Å²) in [6.07, 6.45) is -0.811. The number of hydrogen-bond acceptors (Lipinski definition) is 6. The lowest BCUT2D eigenvalue weighted by atomic mass is 10.3. The van der Waals surface area contributed by atoms with Crippen LogP contribution in [0.5, 0.6) is 0 Å². The first-order valence-electron chi connectivity index (χ1n) is 5.39. The molecule has 0 bridgehead atoms. The number of hydrogen-bond donors (Lipinski definition) is 1. The van der Waals surface area contributed by atoms with E-state index in [4.69, 9.17) is 21.1 Å². The third kappa shape index (κ3) is 3.37. The van der Waals surface area contributed by atoms with Crippen LogP contribution in [-0.2, 0) is 14.3 Å². The van der Waals surface area contributed by atoms with Gasteiger partial charge in [-0.05, 0) is 6.07 Å². The summed E-state index contributed by atoms with van der Waals surface area (Å²) < 4.78 is 10.3. The highest BCUT2D eigenvalue weighted by Crippen LogP contribution is 2.24. The van der Waals surface area contributed by atoms with Crippen LogP contribution in [0.1, 0.15) is 0 Å². The highest BCUT2D eigenvalue weighted by atomic mass is 35.5. The first-order valence-corrected chi connectivity index (χ1v) is 5.77. The Kier molecular flexibility index (Phi) is 4.25. The predicted molar refractivity (Wildman–Crippen MR) is 65.1 cm³/mol. The summed E-state index contributed by atoms with van der Waals surface area (Å²) in [5.41, 5.74) is -0.338. The quantitative estimate of drug-likeness (QED) is 0.505. The highest BCUT2D eigenvalue weighted by molar-refractivity contribution is 6.29. The molecule has 1 aromatic heterocycles. The zero-order chi connectivity index (χ0) is 13.8. The van der Waals surface area contributed by atoms with Gasteiger partial charge in [-0.3, -0.25) is 14.9 Å². The van der Waals surface area contributed by atoms with Gasteiger partial charge < -0.3 is 14.8 Å². The number of carbonyl (C=O) groups is 1. The van der Waals surface area contributed by atoms with Gasteiger partial charge in [-0.2, -0.15) is 0 Å². The van der Waals surface area contributed by atoms with Gasteiger partial charge in [-0.25, -0.2) is 4.98 Å². The van der Waals surface area contributed by atoms with Gasteiger partial charge in [0.05, 0.1) is 24.7 Å². The normalized spacial score (nSPS) is 18.9. The van der Waals surface area contributed by atoms with E-state index in [-0.39, 0.29) is 23.3 Å². The number of aromatic nitrogens is 1. The lowest BCUT2D eigenvalue weighted by Gasteiger charge is -2.21. The molecule has 0 aliphatic carbocycles. The van der Waals surface area contributed by atoms with Crippen LogP contribution in [-0.4, -0.2) is 41.7 Å². The summed E-state index contributed by atoms with van der Waals surface area (Å²) in [6, 6.07) is 2.44. The predicted octanol–water partition coefficient (Wildman–Crippen LogP) is 0.997. The molecule has 102 valence electrons. The summed E-state index contributed by atoms with van der Waals surface area (Å²) in [6.45, 7) is 0.808. The van der Waals surface area contributed by atoms with Gasteiger partial charge in [-0.1, -0.05) is 11.6 Å². The number of nitro groups is 1. The minimum atomic E-state index is -0.811. The first kappa shape index (κ1) is 13.7. The van der Waals surface area contributed by atoms with E-state index in [1.165, 1.54) is 12.1 Å². The van der Waals surface area contributed by atoms with Gasteiger partial charge in [0.15, 0.2) is 6.10 Å². The van der Waals surface area contributed by atoms with E-state index >= 15 is 0 Å². The Morgan fingerprint density at radius 3 is 2.95 bits per heavy atom. The van der Waals surface area contributed by atoms with Crippen LogP contribution in [0, 0.1) is 10.1 Å². The van der Waals surface area contributed by atoms with Crippen molar-refractivity contribution in [2.24, 2.45) is 0 Å². The van der Waals surface area contributed by atoms with E-state index < -0.39 is 16.9 Å². The Balaban J connectivity index is 2.15. The maximum Gasteiger partial charge on any atom is 0.311 e. The van der Waals surface area contributed by atoms with Crippen LogP contribution in [0.15, 0.2) is 12.1 Å². The number of rotatable bonds is 3. The van der Waals surface area contributed by atoms with Crippen LogP contribution in [0.2, 0.25) is 5.15 Å². The van der Waals surface area contributed by atoms with Crippen molar-refractivity contribution in [3.63, 3.8) is 0 Å². The van der Waals surface area contributed by atoms with Crippen molar-refractivity contribution in [2.75, 3.05) is 25.1 Å². The molecule has 1 aliphatic rings. The smallest absolute Gasteiger partial charge is 0.311 e. The summed E-state index contributed by atoms with van der Waals surface area (Å²) >= 11 is 5.65. The monoisotopic (exact) mass is 287 g/mol. The molecule has 1 atom stereocenters. The van der Waals surface area contributed by atoms with Gasteiger partial charge in [0.1, 0.15) is 5.15 Å². The standard InChI is InChI=1S/C10H10ClN3O5/c11-8-2-1-6(14(16)17)9(12-8)13-10(15)7-5-18-3-4-19-7/h1-2,7H,3-5H2,(H,12,13,15). The molecular weight excluding hydrogens is 278 g/mol. The van der Waals surface area contributed by atoms with Gasteiger partial charge in [0, 0.05) is 6.07 Å². The van der Waals surface area contributed by atoms with Crippen molar-refractivity contribution < 1.29 is 19.2 Å². The van der Waals surface area contributed by atoms with E-state index in [1.54, 1.807) is 0 Å². The number of amides is 1. The molecule has 0 aromatic carbocycles. The molecule has 1 N–H and O–H groups in total. The van der Waals surface area contributed by atoms with Crippen molar-refractivity contribution in [1.29, 1.82) is 0 Å². The Labute approximate surface area is 112 Å². The molecule has 1 fully saturated rings. The second-order valence-electron chi connectivity index (χ2n) is 3.68. The maximum absolute atomic E-state index is 11.8. The van der Waals surface area contributed by atoms with Crippen LogP contribution in [0.3, 0.4) is 0 Å². The van der Waals surface area contributed by atoms with Crippen LogP contribution in [0.4, 0.5) is 11.5 Å². The zero-order valence-corrected chi connectivity index (χ0v) is 10.4. The van der Waals surface area contributed by atoms with Crippen molar-refractivity contribution in [1.82, 2.24) is 4.98 Å². The number of halogens is 1. The lowest BCUT2D eigenvalue weighted by molar-refractivity contribution is -0.384. The highest BCUT2D eigenvalue weighted by Gasteiger charge is 2.26. The number of nitrogens with zero attached hydrogens (tertiary/aromatic N) is 2. The van der Waals surface area contributed by atoms with Gasteiger partial charge in [0.2, 0.25) is 5.82 Å². The molecular formula is C10H10ClN3O5. The van der Waals surface area contributed by atoms with Crippen molar-refractivity contribution >= 4 is 29.0 Å². The maximum atomic E-state index is 11.8. The number of pyridine rings is 1. The molecule has 1 unspecified atom stereocenters. The zero-order valence-electron chi connectivity index (χ0n) is 9.67. The van der Waals surface area contributed by atoms with Crippen molar-refractivity contribution in [3.05, 3.63) is 27.4 Å². The molecule has 1 aliphatic heterocycles. The third-order valence-electron chi connectivity index (χ3n) is 2.39. The molecule has 1 saturated heterocycles. The van der Waals surface area contributed by atoms with Gasteiger partial charge >= 0.3 is 5.69 Å². The molecule has 9 heteroatoms. The largest absolute Gasteiger partial charge is 0.376 e. The van der Waals surface area contributed by atoms with Gasteiger partial charge in [0.25, 0.3) is 5.91 Å².